The fourth-order valence-electron chi connectivity index (χ4n) is 3.61. The number of rotatable bonds is 3. The third-order valence-corrected chi connectivity index (χ3v) is 5.49. The Balaban J connectivity index is 1.48. The number of morpholine rings is 1. The van der Waals surface area contributed by atoms with Crippen LogP contribution in [-0.4, -0.2) is 59.1 Å². The quantitative estimate of drug-likeness (QED) is 0.858. The van der Waals surface area contributed by atoms with Gasteiger partial charge in [-0.15, -0.1) is 0 Å². The molecule has 2 aromatic rings. The first-order valence-corrected chi connectivity index (χ1v) is 9.32. The molecule has 2 aromatic heterocycles. The van der Waals surface area contributed by atoms with Crippen LogP contribution in [-0.2, 0) is 11.3 Å². The van der Waals surface area contributed by atoms with Gasteiger partial charge in [0.2, 0.25) is 0 Å². The number of piperidine rings is 1. The minimum atomic E-state index is 0.128. The van der Waals surface area contributed by atoms with Crippen LogP contribution in [0.3, 0.4) is 0 Å². The van der Waals surface area contributed by atoms with E-state index >= 15 is 0 Å². The zero-order valence-corrected chi connectivity index (χ0v) is 14.3. The minimum absolute atomic E-state index is 0.128. The summed E-state index contributed by atoms with van der Waals surface area (Å²) in [5.74, 6) is 0.134. The summed E-state index contributed by atoms with van der Waals surface area (Å²) in [6.45, 7) is 3.96. The molecule has 0 spiro atoms. The highest BCUT2D eigenvalue weighted by Gasteiger charge is 2.39. The average Bonchev–Trinajstić information content (AvgIpc) is 3.16. The molecule has 126 valence electrons. The lowest BCUT2D eigenvalue weighted by Crippen LogP contribution is -2.61. The number of carbonyl (C=O) groups excluding carboxylic acids is 1. The first-order valence-electron chi connectivity index (χ1n) is 8.38. The maximum atomic E-state index is 12.8. The van der Waals surface area contributed by atoms with Crippen molar-refractivity contribution in [2.45, 2.75) is 25.1 Å². The minimum Gasteiger partial charge on any atom is -0.374 e. The molecule has 1 amide bonds. The second kappa shape index (κ2) is 7.01. The van der Waals surface area contributed by atoms with E-state index in [4.69, 9.17) is 4.74 Å². The molecule has 2 aliphatic heterocycles. The van der Waals surface area contributed by atoms with E-state index in [1.807, 2.05) is 40.1 Å². The lowest BCUT2D eigenvalue weighted by atomic mass is 9.98. The predicted molar refractivity (Wildman–Crippen MR) is 93.0 cm³/mol. The van der Waals surface area contributed by atoms with Crippen LogP contribution in [0.15, 0.2) is 41.2 Å². The van der Waals surface area contributed by atoms with Crippen LogP contribution >= 0.6 is 11.3 Å². The molecular formula is C18H21N3O2S. The summed E-state index contributed by atoms with van der Waals surface area (Å²) >= 11 is 1.57. The number of ether oxygens (including phenoxy) is 1. The zero-order chi connectivity index (χ0) is 16.4. The van der Waals surface area contributed by atoms with Crippen molar-refractivity contribution < 1.29 is 9.53 Å². The van der Waals surface area contributed by atoms with Gasteiger partial charge in [0.25, 0.3) is 5.91 Å². The standard InChI is InChI=1S/C18H21N3O2S/c22-18(14-5-10-24-13-14)21-8-9-23-17-4-7-20(12-16(17)21)11-15-3-1-2-6-19-15/h1-3,5-6,10,13,16-17H,4,7-9,11-12H2/t16-,17-/m1/s1. The zero-order valence-electron chi connectivity index (χ0n) is 13.5. The molecule has 2 saturated heterocycles. The molecule has 0 aromatic carbocycles. The Morgan fingerprint density at radius 2 is 2.29 bits per heavy atom. The van der Waals surface area contributed by atoms with Gasteiger partial charge in [-0.2, -0.15) is 11.3 Å². The fourth-order valence-corrected chi connectivity index (χ4v) is 4.24. The van der Waals surface area contributed by atoms with E-state index in [1.54, 1.807) is 11.3 Å². The summed E-state index contributed by atoms with van der Waals surface area (Å²) in [4.78, 5) is 21.6. The molecule has 0 bridgehead atoms. The lowest BCUT2D eigenvalue weighted by Gasteiger charge is -2.47. The highest BCUT2D eigenvalue weighted by Crippen LogP contribution is 2.26. The largest absolute Gasteiger partial charge is 0.374 e. The third kappa shape index (κ3) is 3.22. The summed E-state index contributed by atoms with van der Waals surface area (Å²) in [5, 5.41) is 3.89. The fraction of sp³-hybridized carbons (Fsp3) is 0.444. The van der Waals surface area contributed by atoms with Gasteiger partial charge < -0.3 is 9.64 Å². The molecule has 0 saturated carbocycles. The van der Waals surface area contributed by atoms with Crippen molar-refractivity contribution in [1.82, 2.24) is 14.8 Å². The number of pyridine rings is 1. The molecule has 0 radical (unpaired) electrons. The molecule has 0 N–H and O–H groups in total. The van der Waals surface area contributed by atoms with Crippen LogP contribution in [0.25, 0.3) is 0 Å². The van der Waals surface area contributed by atoms with E-state index in [2.05, 4.69) is 16.0 Å². The van der Waals surface area contributed by atoms with Crippen LogP contribution in [0.5, 0.6) is 0 Å². The first kappa shape index (κ1) is 15.7. The number of hydrogen-bond acceptors (Lipinski definition) is 5. The van der Waals surface area contributed by atoms with E-state index in [-0.39, 0.29) is 18.1 Å². The second-order valence-electron chi connectivity index (χ2n) is 6.33. The molecule has 24 heavy (non-hydrogen) atoms. The molecule has 2 fully saturated rings. The van der Waals surface area contributed by atoms with Crippen molar-refractivity contribution in [3.63, 3.8) is 0 Å². The SMILES string of the molecule is O=C(c1ccsc1)N1CCO[C@@H]2CCN(Cc3ccccn3)C[C@H]21. The second-order valence-corrected chi connectivity index (χ2v) is 7.11. The topological polar surface area (TPSA) is 45.7 Å². The van der Waals surface area contributed by atoms with Gasteiger partial charge in [0.05, 0.1) is 30.0 Å². The van der Waals surface area contributed by atoms with Crippen LogP contribution in [0, 0.1) is 0 Å². The Kier molecular flexibility index (Phi) is 4.60. The van der Waals surface area contributed by atoms with Crippen LogP contribution < -0.4 is 0 Å². The van der Waals surface area contributed by atoms with Gasteiger partial charge >= 0.3 is 0 Å². The normalized spacial score (nSPS) is 24.6. The van der Waals surface area contributed by atoms with E-state index in [1.165, 1.54) is 0 Å². The Morgan fingerprint density at radius 1 is 1.33 bits per heavy atom. The van der Waals surface area contributed by atoms with Crippen molar-refractivity contribution in [2.75, 3.05) is 26.2 Å². The van der Waals surface area contributed by atoms with Gasteiger partial charge in [0, 0.05) is 37.8 Å². The van der Waals surface area contributed by atoms with Crippen molar-refractivity contribution >= 4 is 17.2 Å². The predicted octanol–water partition coefficient (Wildman–Crippen LogP) is 2.26. The van der Waals surface area contributed by atoms with Crippen molar-refractivity contribution in [1.29, 1.82) is 0 Å². The van der Waals surface area contributed by atoms with Crippen molar-refractivity contribution in [3.05, 3.63) is 52.5 Å². The summed E-state index contributed by atoms with van der Waals surface area (Å²) in [7, 11) is 0. The van der Waals surface area contributed by atoms with Crippen molar-refractivity contribution in [3.8, 4) is 0 Å². The number of amides is 1. The first-order chi connectivity index (χ1) is 11.8. The number of carbonyl (C=O) groups is 1. The summed E-state index contributed by atoms with van der Waals surface area (Å²) in [5.41, 5.74) is 1.87. The van der Waals surface area contributed by atoms with Gasteiger partial charge in [0.15, 0.2) is 0 Å². The highest BCUT2D eigenvalue weighted by molar-refractivity contribution is 7.08. The summed E-state index contributed by atoms with van der Waals surface area (Å²) < 4.78 is 5.94. The smallest absolute Gasteiger partial charge is 0.255 e. The number of fused-ring (bicyclic) bond motifs is 1. The molecule has 0 unspecified atom stereocenters. The van der Waals surface area contributed by atoms with Crippen LogP contribution in [0.1, 0.15) is 22.5 Å². The highest BCUT2D eigenvalue weighted by atomic mass is 32.1. The van der Waals surface area contributed by atoms with Gasteiger partial charge in [-0.3, -0.25) is 14.7 Å². The average molecular weight is 343 g/mol. The van der Waals surface area contributed by atoms with Crippen LogP contribution in [0.2, 0.25) is 0 Å². The van der Waals surface area contributed by atoms with E-state index in [0.29, 0.717) is 13.2 Å². The number of aromatic nitrogens is 1. The van der Waals surface area contributed by atoms with E-state index in [0.717, 1.165) is 37.3 Å². The number of thiophene rings is 1. The maximum absolute atomic E-state index is 12.8. The molecule has 4 rings (SSSR count). The Morgan fingerprint density at radius 3 is 3.08 bits per heavy atom. The third-order valence-electron chi connectivity index (χ3n) is 4.81. The van der Waals surface area contributed by atoms with Gasteiger partial charge in [-0.1, -0.05) is 6.07 Å². The van der Waals surface area contributed by atoms with Gasteiger partial charge in [-0.05, 0) is 30.0 Å². The number of likely N-dealkylation sites (tertiary alicyclic amines) is 1. The monoisotopic (exact) mass is 343 g/mol. The molecular weight excluding hydrogens is 322 g/mol. The Labute approximate surface area is 145 Å². The Hall–Kier alpha value is -1.76. The number of nitrogens with zero attached hydrogens (tertiary/aromatic N) is 3. The summed E-state index contributed by atoms with van der Waals surface area (Å²) in [6, 6.07) is 8.05. The van der Waals surface area contributed by atoms with Gasteiger partial charge in [-0.25, -0.2) is 0 Å². The number of hydrogen-bond donors (Lipinski definition) is 0. The molecule has 5 nitrogen and oxygen atoms in total. The van der Waals surface area contributed by atoms with E-state index < -0.39 is 0 Å². The molecule has 2 atom stereocenters. The van der Waals surface area contributed by atoms with Gasteiger partial charge in [0.1, 0.15) is 0 Å². The van der Waals surface area contributed by atoms with Crippen molar-refractivity contribution in [2.24, 2.45) is 0 Å². The lowest BCUT2D eigenvalue weighted by molar-refractivity contribution is -0.0915. The van der Waals surface area contributed by atoms with Crippen LogP contribution in [0.4, 0.5) is 0 Å². The maximum Gasteiger partial charge on any atom is 0.255 e. The molecule has 4 heterocycles. The summed E-state index contributed by atoms with van der Waals surface area (Å²) in [6.07, 6.45) is 2.95. The molecule has 0 aliphatic carbocycles. The molecule has 6 heteroatoms. The van der Waals surface area contributed by atoms with E-state index in [9.17, 15) is 4.79 Å². The Bertz CT molecular complexity index is 677. The molecule has 2 aliphatic rings.